The minimum Gasteiger partial charge on any atom is -0.371 e. The molecule has 2 aliphatic heterocycles. The second-order valence-electron chi connectivity index (χ2n) is 6.89. The Bertz CT molecular complexity index is 801. The molecule has 1 aromatic rings. The molecule has 1 amide bonds. The number of sulfone groups is 1. The normalized spacial score (nSPS) is 21.7. The van der Waals surface area contributed by atoms with Gasteiger partial charge in [-0.15, -0.1) is 12.4 Å². The van der Waals surface area contributed by atoms with E-state index < -0.39 is 32.4 Å². The molecule has 0 saturated carbocycles. The summed E-state index contributed by atoms with van der Waals surface area (Å²) in [4.78, 5) is 13.9. The van der Waals surface area contributed by atoms with Gasteiger partial charge in [0.1, 0.15) is 22.6 Å². The maximum atomic E-state index is 14.3. The first-order valence-electron chi connectivity index (χ1n) is 8.74. The lowest BCUT2D eigenvalue weighted by Gasteiger charge is -2.40. The van der Waals surface area contributed by atoms with Gasteiger partial charge in [-0.3, -0.25) is 4.79 Å². The van der Waals surface area contributed by atoms with Crippen LogP contribution in [0, 0.1) is 11.6 Å². The van der Waals surface area contributed by atoms with Crippen molar-refractivity contribution in [3.63, 3.8) is 0 Å². The van der Waals surface area contributed by atoms with Crippen molar-refractivity contribution in [1.82, 2.24) is 10.2 Å². The lowest BCUT2D eigenvalue weighted by atomic mass is 9.98. The molecule has 0 aliphatic carbocycles. The molecule has 3 rings (SSSR count). The molecule has 6 nitrogen and oxygen atoms in total. The first-order valence-corrected chi connectivity index (χ1v) is 10.6. The standard InChI is InChI=1S/C17H23F2N3O3S.ClH/c1-26(24,25)16-10-12(18)15(9-13(16)19)21-14-3-2-8-22(17(14)23)11-4-6-20-7-5-11;/h9-11,14,20-21H,2-8H2,1H3;1H/t14-;/m0./s1. The second kappa shape index (κ2) is 8.70. The van der Waals surface area contributed by atoms with Crippen LogP contribution in [0.25, 0.3) is 0 Å². The van der Waals surface area contributed by atoms with Crippen molar-refractivity contribution in [1.29, 1.82) is 0 Å². The predicted molar refractivity (Wildman–Crippen MR) is 101 cm³/mol. The average molecular weight is 424 g/mol. The van der Waals surface area contributed by atoms with Crippen molar-refractivity contribution in [2.75, 3.05) is 31.2 Å². The summed E-state index contributed by atoms with van der Waals surface area (Å²) in [5.74, 6) is -2.04. The van der Waals surface area contributed by atoms with E-state index in [1.165, 1.54) is 0 Å². The molecule has 2 fully saturated rings. The monoisotopic (exact) mass is 423 g/mol. The highest BCUT2D eigenvalue weighted by Crippen LogP contribution is 2.26. The molecule has 0 unspecified atom stereocenters. The number of likely N-dealkylation sites (tertiary alicyclic amines) is 1. The molecule has 1 aromatic carbocycles. The van der Waals surface area contributed by atoms with Gasteiger partial charge < -0.3 is 15.5 Å². The Morgan fingerprint density at radius 2 is 1.81 bits per heavy atom. The summed E-state index contributed by atoms with van der Waals surface area (Å²) in [5, 5.41) is 6.03. The van der Waals surface area contributed by atoms with Crippen LogP contribution in [-0.4, -0.2) is 57.2 Å². The van der Waals surface area contributed by atoms with Crippen LogP contribution in [-0.2, 0) is 14.6 Å². The first kappa shape index (κ1) is 21.8. The molecule has 0 bridgehead atoms. The number of hydrogen-bond acceptors (Lipinski definition) is 5. The second-order valence-corrected chi connectivity index (χ2v) is 8.87. The molecule has 0 spiro atoms. The summed E-state index contributed by atoms with van der Waals surface area (Å²) in [7, 11) is -3.86. The maximum absolute atomic E-state index is 14.3. The van der Waals surface area contributed by atoms with Crippen LogP contribution in [0.5, 0.6) is 0 Å². The van der Waals surface area contributed by atoms with Crippen molar-refractivity contribution in [2.24, 2.45) is 0 Å². The maximum Gasteiger partial charge on any atom is 0.245 e. The minimum absolute atomic E-state index is 0. The number of hydrogen-bond donors (Lipinski definition) is 2. The Morgan fingerprint density at radius 3 is 2.44 bits per heavy atom. The van der Waals surface area contributed by atoms with Gasteiger partial charge in [0.2, 0.25) is 5.91 Å². The molecule has 1 atom stereocenters. The van der Waals surface area contributed by atoms with Gasteiger partial charge in [0, 0.05) is 24.9 Å². The molecule has 2 N–H and O–H groups in total. The number of nitrogens with zero attached hydrogens (tertiary/aromatic N) is 1. The van der Waals surface area contributed by atoms with Gasteiger partial charge in [0.25, 0.3) is 0 Å². The highest BCUT2D eigenvalue weighted by Gasteiger charge is 2.34. The van der Waals surface area contributed by atoms with Crippen LogP contribution in [0.3, 0.4) is 0 Å². The van der Waals surface area contributed by atoms with E-state index >= 15 is 0 Å². The number of halogens is 3. The summed E-state index contributed by atoms with van der Waals surface area (Å²) in [6.07, 6.45) is 3.88. The predicted octanol–water partition coefficient (Wildman–Crippen LogP) is 1.94. The van der Waals surface area contributed by atoms with Crippen LogP contribution in [0.2, 0.25) is 0 Å². The number of piperidine rings is 2. The van der Waals surface area contributed by atoms with E-state index in [0.717, 1.165) is 44.7 Å². The third-order valence-corrected chi connectivity index (χ3v) is 6.09. The molecule has 152 valence electrons. The number of anilines is 1. The number of carbonyl (C=O) groups excluding carboxylic acids is 1. The van der Waals surface area contributed by atoms with E-state index in [2.05, 4.69) is 10.6 Å². The molecule has 2 saturated heterocycles. The van der Waals surface area contributed by atoms with E-state index in [-0.39, 0.29) is 30.0 Å². The number of carbonyl (C=O) groups is 1. The highest BCUT2D eigenvalue weighted by atomic mass is 35.5. The molecule has 2 aliphatic rings. The Morgan fingerprint density at radius 1 is 1.15 bits per heavy atom. The molecule has 2 heterocycles. The fraction of sp³-hybridized carbons (Fsp3) is 0.588. The third kappa shape index (κ3) is 4.89. The molecule has 27 heavy (non-hydrogen) atoms. The van der Waals surface area contributed by atoms with Crippen LogP contribution in [0.4, 0.5) is 14.5 Å². The SMILES string of the molecule is CS(=O)(=O)c1cc(F)c(N[C@H]2CCCN(C3CCNCC3)C2=O)cc1F.Cl. The van der Waals surface area contributed by atoms with E-state index in [0.29, 0.717) is 19.0 Å². The van der Waals surface area contributed by atoms with Crippen molar-refractivity contribution in [3.05, 3.63) is 23.8 Å². The third-order valence-electron chi connectivity index (χ3n) is 4.97. The largest absolute Gasteiger partial charge is 0.371 e. The summed E-state index contributed by atoms with van der Waals surface area (Å²) in [6.45, 7) is 2.39. The molecule has 0 radical (unpaired) electrons. The van der Waals surface area contributed by atoms with Gasteiger partial charge in [-0.25, -0.2) is 17.2 Å². The molecule has 10 heteroatoms. The van der Waals surface area contributed by atoms with Crippen molar-refractivity contribution >= 4 is 33.8 Å². The molecular formula is C17H24ClF2N3O3S. The Hall–Kier alpha value is -1.45. The zero-order valence-electron chi connectivity index (χ0n) is 15.0. The van der Waals surface area contributed by atoms with E-state index in [4.69, 9.17) is 0 Å². The van der Waals surface area contributed by atoms with E-state index in [1.807, 2.05) is 4.90 Å². The van der Waals surface area contributed by atoms with Gasteiger partial charge in [0.05, 0.1) is 5.69 Å². The zero-order valence-corrected chi connectivity index (χ0v) is 16.6. The van der Waals surface area contributed by atoms with Crippen LogP contribution >= 0.6 is 12.4 Å². The molecular weight excluding hydrogens is 400 g/mol. The Kier molecular flexibility index (Phi) is 7.04. The quantitative estimate of drug-likeness (QED) is 0.773. The smallest absolute Gasteiger partial charge is 0.245 e. The summed E-state index contributed by atoms with van der Waals surface area (Å²) >= 11 is 0. The lowest BCUT2D eigenvalue weighted by molar-refractivity contribution is -0.137. The zero-order chi connectivity index (χ0) is 18.9. The average Bonchev–Trinajstić information content (AvgIpc) is 2.59. The van der Waals surface area contributed by atoms with Gasteiger partial charge in [-0.1, -0.05) is 0 Å². The highest BCUT2D eigenvalue weighted by molar-refractivity contribution is 7.90. The van der Waals surface area contributed by atoms with Crippen molar-refractivity contribution in [3.8, 4) is 0 Å². The van der Waals surface area contributed by atoms with E-state index in [9.17, 15) is 22.0 Å². The van der Waals surface area contributed by atoms with Crippen molar-refractivity contribution < 1.29 is 22.0 Å². The van der Waals surface area contributed by atoms with Crippen molar-refractivity contribution in [2.45, 2.75) is 42.7 Å². The minimum atomic E-state index is -3.86. The fourth-order valence-corrected chi connectivity index (χ4v) is 4.36. The van der Waals surface area contributed by atoms with Gasteiger partial charge in [-0.2, -0.15) is 0 Å². The van der Waals surface area contributed by atoms with Gasteiger partial charge >= 0.3 is 0 Å². The van der Waals surface area contributed by atoms with Gasteiger partial charge in [-0.05, 0) is 44.8 Å². The number of nitrogens with one attached hydrogen (secondary N) is 2. The van der Waals surface area contributed by atoms with Crippen LogP contribution in [0.1, 0.15) is 25.7 Å². The van der Waals surface area contributed by atoms with E-state index in [1.54, 1.807) is 0 Å². The Labute approximate surface area is 164 Å². The Balaban J connectivity index is 0.00000261. The number of rotatable bonds is 4. The molecule has 0 aromatic heterocycles. The number of amides is 1. The fourth-order valence-electron chi connectivity index (χ4n) is 3.63. The summed E-state index contributed by atoms with van der Waals surface area (Å²) in [6, 6.07) is 0.993. The topological polar surface area (TPSA) is 78.5 Å². The van der Waals surface area contributed by atoms with Gasteiger partial charge in [0.15, 0.2) is 9.84 Å². The van der Waals surface area contributed by atoms with Crippen LogP contribution in [0.15, 0.2) is 17.0 Å². The summed E-state index contributed by atoms with van der Waals surface area (Å²) in [5.41, 5.74) is -0.194. The lowest BCUT2D eigenvalue weighted by Crippen LogP contribution is -2.54. The number of benzene rings is 1. The van der Waals surface area contributed by atoms with Crippen LogP contribution < -0.4 is 10.6 Å². The first-order chi connectivity index (χ1) is 12.3. The summed E-state index contributed by atoms with van der Waals surface area (Å²) < 4.78 is 51.3.